The van der Waals surface area contributed by atoms with Gasteiger partial charge in [-0.05, 0) is 36.4 Å². The van der Waals surface area contributed by atoms with E-state index < -0.39 is 21.5 Å². The van der Waals surface area contributed by atoms with Crippen molar-refractivity contribution in [3.63, 3.8) is 0 Å². The monoisotopic (exact) mass is 446 g/mol. The highest BCUT2D eigenvalue weighted by Gasteiger charge is 2.26. The van der Waals surface area contributed by atoms with Gasteiger partial charge in [0.2, 0.25) is 20.9 Å². The molecule has 1 fully saturated rings. The molecule has 0 unspecified atom stereocenters. The lowest BCUT2D eigenvalue weighted by atomic mass is 10.2. The van der Waals surface area contributed by atoms with Gasteiger partial charge in [0.1, 0.15) is 11.6 Å². The van der Waals surface area contributed by atoms with Crippen LogP contribution in [0.2, 0.25) is 5.02 Å². The predicted molar refractivity (Wildman–Crippen MR) is 115 cm³/mol. The summed E-state index contributed by atoms with van der Waals surface area (Å²) >= 11 is 5.82. The van der Waals surface area contributed by atoms with Crippen molar-refractivity contribution >= 4 is 49.8 Å². The minimum atomic E-state index is -4.06. The molecule has 0 aliphatic carbocycles. The number of fused-ring (bicyclic) bond motifs is 1. The van der Waals surface area contributed by atoms with Gasteiger partial charge in [-0.2, -0.15) is 0 Å². The Bertz CT molecular complexity index is 1180. The van der Waals surface area contributed by atoms with Crippen molar-refractivity contribution in [3.05, 3.63) is 53.6 Å². The summed E-state index contributed by atoms with van der Waals surface area (Å²) in [5.74, 6) is -0.918. The molecule has 2 aromatic carbocycles. The first-order chi connectivity index (χ1) is 14.4. The minimum Gasteiger partial charge on any atom is -0.378 e. The van der Waals surface area contributed by atoms with Crippen molar-refractivity contribution in [1.29, 1.82) is 0 Å². The van der Waals surface area contributed by atoms with Crippen molar-refractivity contribution in [2.24, 2.45) is 0 Å². The zero-order valence-electron chi connectivity index (χ0n) is 15.9. The third kappa shape index (κ3) is 4.53. The van der Waals surface area contributed by atoms with Crippen molar-refractivity contribution in [2.45, 2.75) is 5.16 Å². The van der Waals surface area contributed by atoms with Crippen molar-refractivity contribution in [3.8, 4) is 0 Å². The van der Waals surface area contributed by atoms with E-state index in [4.69, 9.17) is 16.3 Å². The van der Waals surface area contributed by atoms with Crippen LogP contribution in [0.3, 0.4) is 0 Å². The van der Waals surface area contributed by atoms with Gasteiger partial charge in [0.15, 0.2) is 0 Å². The molecular formula is C20H19ClN4O4S. The minimum absolute atomic E-state index is 0.367. The maximum absolute atomic E-state index is 12.9. The van der Waals surface area contributed by atoms with Crippen LogP contribution >= 0.6 is 11.6 Å². The Hall–Kier alpha value is -2.75. The number of amides is 1. The first-order valence-corrected chi connectivity index (χ1v) is 11.3. The van der Waals surface area contributed by atoms with E-state index in [-0.39, 0.29) is 5.16 Å². The van der Waals surface area contributed by atoms with E-state index in [9.17, 15) is 13.2 Å². The van der Waals surface area contributed by atoms with Crippen LogP contribution < -0.4 is 10.2 Å². The Kier molecular flexibility index (Phi) is 5.85. The van der Waals surface area contributed by atoms with Crippen LogP contribution in [0.5, 0.6) is 0 Å². The van der Waals surface area contributed by atoms with Gasteiger partial charge >= 0.3 is 0 Å². The number of carbonyl (C=O) groups is 1. The van der Waals surface area contributed by atoms with Crippen LogP contribution in [0.4, 0.5) is 11.5 Å². The quantitative estimate of drug-likeness (QED) is 0.601. The maximum atomic E-state index is 12.9. The summed E-state index contributed by atoms with van der Waals surface area (Å²) in [5.41, 5.74) is 0.957. The molecule has 0 spiro atoms. The number of para-hydroxylation sites is 1. The highest BCUT2D eigenvalue weighted by molar-refractivity contribution is 7.92. The molecule has 0 radical (unpaired) electrons. The van der Waals surface area contributed by atoms with Crippen molar-refractivity contribution < 1.29 is 17.9 Å². The van der Waals surface area contributed by atoms with E-state index in [1.54, 1.807) is 36.4 Å². The molecule has 8 nitrogen and oxygen atoms in total. The lowest BCUT2D eigenvalue weighted by Crippen LogP contribution is -2.37. The fraction of sp³-hybridized carbons (Fsp3) is 0.250. The Labute approximate surface area is 178 Å². The number of morpholine rings is 1. The van der Waals surface area contributed by atoms with Crippen LogP contribution in [-0.2, 0) is 19.4 Å². The second-order valence-corrected chi connectivity index (χ2v) is 9.08. The summed E-state index contributed by atoms with van der Waals surface area (Å²) < 4.78 is 31.2. The number of anilines is 2. The zero-order valence-corrected chi connectivity index (χ0v) is 17.5. The number of aromatic nitrogens is 2. The van der Waals surface area contributed by atoms with Crippen molar-refractivity contribution in [1.82, 2.24) is 9.97 Å². The highest BCUT2D eigenvalue weighted by Crippen LogP contribution is 2.26. The van der Waals surface area contributed by atoms with Gasteiger partial charge in [0.05, 0.1) is 18.7 Å². The lowest BCUT2D eigenvalue weighted by molar-refractivity contribution is -0.113. The fourth-order valence-electron chi connectivity index (χ4n) is 3.16. The van der Waals surface area contributed by atoms with E-state index in [2.05, 4.69) is 15.3 Å². The molecule has 1 aromatic heterocycles. The number of sulfone groups is 1. The molecule has 4 rings (SSSR count). The number of hydrogen-bond acceptors (Lipinski definition) is 7. The zero-order chi connectivity index (χ0) is 21.1. The van der Waals surface area contributed by atoms with E-state index >= 15 is 0 Å². The lowest BCUT2D eigenvalue weighted by Gasteiger charge is -2.28. The van der Waals surface area contributed by atoms with E-state index in [0.29, 0.717) is 48.3 Å². The number of carbonyl (C=O) groups excluding carboxylic acids is 1. The Morgan fingerprint density at radius 2 is 1.77 bits per heavy atom. The van der Waals surface area contributed by atoms with Crippen LogP contribution in [0.25, 0.3) is 10.9 Å². The van der Waals surface area contributed by atoms with Crippen LogP contribution in [0.15, 0.2) is 53.7 Å². The number of hydrogen-bond donors (Lipinski definition) is 1. The van der Waals surface area contributed by atoms with E-state index in [1.165, 1.54) is 0 Å². The molecule has 3 aromatic rings. The third-order valence-corrected chi connectivity index (χ3v) is 6.23. The largest absolute Gasteiger partial charge is 0.378 e. The number of rotatable bonds is 5. The molecule has 156 valence electrons. The average molecular weight is 447 g/mol. The second kappa shape index (κ2) is 8.55. The Morgan fingerprint density at radius 3 is 2.50 bits per heavy atom. The summed E-state index contributed by atoms with van der Waals surface area (Å²) in [4.78, 5) is 22.9. The molecule has 30 heavy (non-hydrogen) atoms. The molecule has 0 bridgehead atoms. The molecule has 1 aliphatic heterocycles. The number of nitrogens with one attached hydrogen (secondary N) is 1. The molecule has 1 saturated heterocycles. The smallest absolute Gasteiger partial charge is 0.250 e. The van der Waals surface area contributed by atoms with Gasteiger partial charge < -0.3 is 15.0 Å². The predicted octanol–water partition coefficient (Wildman–Crippen LogP) is 2.53. The van der Waals surface area contributed by atoms with Gasteiger partial charge in [0.25, 0.3) is 0 Å². The second-order valence-electron chi connectivity index (χ2n) is 6.76. The third-order valence-electron chi connectivity index (χ3n) is 4.60. The van der Waals surface area contributed by atoms with Gasteiger partial charge in [-0.25, -0.2) is 18.4 Å². The van der Waals surface area contributed by atoms with Gasteiger partial charge in [-0.15, -0.1) is 0 Å². The highest BCUT2D eigenvalue weighted by atomic mass is 35.5. The Morgan fingerprint density at radius 1 is 1.07 bits per heavy atom. The molecular weight excluding hydrogens is 428 g/mol. The van der Waals surface area contributed by atoms with Crippen LogP contribution in [0, 0.1) is 0 Å². The summed E-state index contributed by atoms with van der Waals surface area (Å²) in [7, 11) is -4.06. The number of benzene rings is 2. The summed E-state index contributed by atoms with van der Waals surface area (Å²) in [5, 5.41) is 3.45. The molecule has 0 atom stereocenters. The van der Waals surface area contributed by atoms with Gasteiger partial charge in [-0.1, -0.05) is 23.7 Å². The summed E-state index contributed by atoms with van der Waals surface area (Å²) in [6.45, 7) is 2.25. The maximum Gasteiger partial charge on any atom is 0.250 e. The van der Waals surface area contributed by atoms with Crippen LogP contribution in [0.1, 0.15) is 0 Å². The Balaban J connectivity index is 1.63. The molecule has 0 saturated carbocycles. The molecule has 1 N–H and O–H groups in total. The molecule has 2 heterocycles. The number of halogens is 1. The number of nitrogens with zero attached hydrogens (tertiary/aromatic N) is 3. The van der Waals surface area contributed by atoms with E-state index in [1.807, 2.05) is 17.0 Å². The van der Waals surface area contributed by atoms with E-state index in [0.717, 1.165) is 5.39 Å². The molecule has 10 heteroatoms. The SMILES string of the molecule is O=C(CS(=O)(=O)c1nc(N2CCOCC2)c2ccccc2n1)Nc1ccc(Cl)cc1. The first-order valence-electron chi connectivity index (χ1n) is 9.30. The summed E-state index contributed by atoms with van der Waals surface area (Å²) in [6, 6.07) is 13.6. The van der Waals surface area contributed by atoms with Gasteiger partial charge in [0, 0.05) is 29.2 Å². The van der Waals surface area contributed by atoms with Crippen LogP contribution in [-0.4, -0.2) is 56.3 Å². The molecule has 1 amide bonds. The number of ether oxygens (including phenoxy) is 1. The molecule has 1 aliphatic rings. The fourth-order valence-corrected chi connectivity index (χ4v) is 4.30. The summed E-state index contributed by atoms with van der Waals surface area (Å²) in [6.07, 6.45) is 0. The van der Waals surface area contributed by atoms with Crippen molar-refractivity contribution in [2.75, 3.05) is 42.3 Å². The normalized spacial score (nSPS) is 14.6. The topological polar surface area (TPSA) is 101 Å². The van der Waals surface area contributed by atoms with Gasteiger partial charge in [-0.3, -0.25) is 4.79 Å². The average Bonchev–Trinajstić information content (AvgIpc) is 2.75. The first kappa shape index (κ1) is 20.5. The standard InChI is InChI=1S/C20H19ClN4O4S/c21-14-5-7-15(8-6-14)22-18(26)13-30(27,28)20-23-17-4-2-1-3-16(17)19(24-20)25-9-11-29-12-10-25/h1-8H,9-13H2,(H,22,26).